The first-order chi connectivity index (χ1) is 8.86. The quantitative estimate of drug-likeness (QED) is 0.740. The largest absolute Gasteiger partial charge is 0.451 e. The Bertz CT molecular complexity index is 411. The molecule has 0 radical (unpaired) electrons. The second-order valence-electron chi connectivity index (χ2n) is 4.17. The summed E-state index contributed by atoms with van der Waals surface area (Å²) in [5.74, 6) is -1.29. The van der Waals surface area contributed by atoms with Gasteiger partial charge in [0.15, 0.2) is 0 Å². The lowest BCUT2D eigenvalue weighted by Crippen LogP contribution is -2.18. The Morgan fingerprint density at radius 1 is 1.42 bits per heavy atom. The molecule has 0 bridgehead atoms. The van der Waals surface area contributed by atoms with Crippen molar-refractivity contribution in [1.29, 1.82) is 0 Å². The molecule has 0 fully saturated rings. The van der Waals surface area contributed by atoms with Gasteiger partial charge in [0.05, 0.1) is 0 Å². The van der Waals surface area contributed by atoms with Crippen LogP contribution >= 0.6 is 0 Å². The number of nitrogens with zero attached hydrogens (tertiary/aromatic N) is 2. The molecule has 1 aromatic rings. The molecule has 108 valence electrons. The molecule has 1 unspecified atom stereocenters. The molecule has 0 saturated carbocycles. The molecule has 1 rings (SSSR count). The van der Waals surface area contributed by atoms with E-state index in [0.29, 0.717) is 13.0 Å². The number of aliphatic hydroxyl groups is 1. The van der Waals surface area contributed by atoms with Crippen molar-refractivity contribution in [3.05, 3.63) is 11.9 Å². The molecule has 0 aromatic carbocycles. The lowest BCUT2D eigenvalue weighted by molar-refractivity contribution is -0.144. The summed E-state index contributed by atoms with van der Waals surface area (Å²) in [6.07, 6.45) is -3.24. The van der Waals surface area contributed by atoms with Crippen LogP contribution in [0.15, 0.2) is 6.07 Å². The number of nitrogens with two attached hydrogens (primary N) is 1. The molecule has 8 heteroatoms. The van der Waals surface area contributed by atoms with Gasteiger partial charge in [0, 0.05) is 19.2 Å². The molecule has 19 heavy (non-hydrogen) atoms. The normalized spacial score (nSPS) is 13.3. The molecular formula is C11H17F3N4O. The van der Waals surface area contributed by atoms with Gasteiger partial charge in [-0.2, -0.15) is 13.2 Å². The van der Waals surface area contributed by atoms with Crippen molar-refractivity contribution in [3.63, 3.8) is 0 Å². The predicted molar refractivity (Wildman–Crippen MR) is 65.4 cm³/mol. The molecule has 0 aliphatic carbocycles. The van der Waals surface area contributed by atoms with Crippen LogP contribution in [-0.2, 0) is 6.18 Å². The number of hydrogen-bond donors (Lipinski definition) is 3. The zero-order chi connectivity index (χ0) is 14.5. The topological polar surface area (TPSA) is 84.1 Å². The summed E-state index contributed by atoms with van der Waals surface area (Å²) < 4.78 is 37.5. The van der Waals surface area contributed by atoms with E-state index in [-0.39, 0.29) is 24.2 Å². The molecule has 1 atom stereocenters. The minimum atomic E-state index is -4.62. The van der Waals surface area contributed by atoms with E-state index in [1.54, 1.807) is 0 Å². The number of nitrogens with one attached hydrogen (secondary N) is 1. The Morgan fingerprint density at radius 3 is 2.63 bits per heavy atom. The van der Waals surface area contributed by atoms with Gasteiger partial charge in [-0.25, -0.2) is 9.97 Å². The van der Waals surface area contributed by atoms with E-state index < -0.39 is 12.0 Å². The zero-order valence-corrected chi connectivity index (χ0v) is 10.5. The second kappa shape index (κ2) is 6.55. The van der Waals surface area contributed by atoms with Crippen LogP contribution in [0.2, 0.25) is 0 Å². The fourth-order valence-corrected chi connectivity index (χ4v) is 1.57. The summed E-state index contributed by atoms with van der Waals surface area (Å²) in [7, 11) is 0. The predicted octanol–water partition coefficient (Wildman–Crippen LogP) is 1.90. The highest BCUT2D eigenvalue weighted by atomic mass is 19.4. The lowest BCUT2D eigenvalue weighted by Gasteiger charge is -2.15. The highest BCUT2D eigenvalue weighted by Gasteiger charge is 2.35. The Labute approximate surface area is 109 Å². The van der Waals surface area contributed by atoms with E-state index >= 15 is 0 Å². The Kier molecular flexibility index (Phi) is 5.34. The van der Waals surface area contributed by atoms with Gasteiger partial charge in [0.1, 0.15) is 11.6 Å². The van der Waals surface area contributed by atoms with Crippen molar-refractivity contribution < 1.29 is 18.3 Å². The van der Waals surface area contributed by atoms with Crippen molar-refractivity contribution in [3.8, 4) is 0 Å². The van der Waals surface area contributed by atoms with Gasteiger partial charge in [0.25, 0.3) is 0 Å². The molecule has 0 aliphatic rings. The van der Waals surface area contributed by atoms with Gasteiger partial charge in [0.2, 0.25) is 5.82 Å². The fraction of sp³-hybridized carbons (Fsp3) is 0.636. The van der Waals surface area contributed by atoms with Gasteiger partial charge >= 0.3 is 6.18 Å². The van der Waals surface area contributed by atoms with E-state index in [1.807, 2.05) is 6.92 Å². The van der Waals surface area contributed by atoms with Gasteiger partial charge in [-0.15, -0.1) is 0 Å². The first kappa shape index (κ1) is 15.5. The standard InChI is InChI=1S/C11H17F3N4O/c1-2-7(3-4-19)6-16-9-5-8(15)17-10(18-9)11(12,13)14/h5,7,19H,2-4,6H2,1H3,(H3,15,16,17,18). The maximum absolute atomic E-state index is 12.5. The molecule has 5 nitrogen and oxygen atoms in total. The third-order valence-electron chi connectivity index (χ3n) is 2.69. The maximum atomic E-state index is 12.5. The monoisotopic (exact) mass is 278 g/mol. The van der Waals surface area contributed by atoms with Crippen molar-refractivity contribution >= 4 is 11.6 Å². The van der Waals surface area contributed by atoms with Crippen LogP contribution in [0.1, 0.15) is 25.6 Å². The van der Waals surface area contributed by atoms with E-state index in [0.717, 1.165) is 6.42 Å². The zero-order valence-electron chi connectivity index (χ0n) is 10.5. The van der Waals surface area contributed by atoms with Gasteiger partial charge in [-0.3, -0.25) is 0 Å². The maximum Gasteiger partial charge on any atom is 0.451 e. The molecule has 4 N–H and O–H groups in total. The van der Waals surface area contributed by atoms with E-state index in [9.17, 15) is 13.2 Å². The Morgan fingerprint density at radius 2 is 2.11 bits per heavy atom. The number of aromatic nitrogens is 2. The van der Waals surface area contributed by atoms with Crippen LogP contribution < -0.4 is 11.1 Å². The van der Waals surface area contributed by atoms with Crippen molar-refractivity contribution in [2.75, 3.05) is 24.2 Å². The third-order valence-corrected chi connectivity index (χ3v) is 2.69. The second-order valence-corrected chi connectivity index (χ2v) is 4.17. The highest BCUT2D eigenvalue weighted by molar-refractivity contribution is 5.44. The van der Waals surface area contributed by atoms with E-state index in [2.05, 4.69) is 15.3 Å². The van der Waals surface area contributed by atoms with Crippen LogP contribution in [-0.4, -0.2) is 28.2 Å². The smallest absolute Gasteiger partial charge is 0.396 e. The van der Waals surface area contributed by atoms with Crippen LogP contribution in [0.25, 0.3) is 0 Å². The van der Waals surface area contributed by atoms with Gasteiger partial charge in [-0.1, -0.05) is 13.3 Å². The summed E-state index contributed by atoms with van der Waals surface area (Å²) in [5.41, 5.74) is 5.32. The number of anilines is 2. The minimum absolute atomic E-state index is 0.0382. The molecule has 0 saturated heterocycles. The van der Waals surface area contributed by atoms with Crippen molar-refractivity contribution in [2.45, 2.75) is 25.9 Å². The SMILES string of the molecule is CCC(CCO)CNc1cc(N)nc(C(F)(F)F)n1. The molecule has 0 amide bonds. The van der Waals surface area contributed by atoms with E-state index in [4.69, 9.17) is 10.8 Å². The number of hydrogen-bond acceptors (Lipinski definition) is 5. The number of aliphatic hydroxyl groups excluding tert-OH is 1. The van der Waals surface area contributed by atoms with Crippen LogP contribution in [0, 0.1) is 5.92 Å². The molecule has 1 aromatic heterocycles. The van der Waals surface area contributed by atoms with Crippen LogP contribution in [0.4, 0.5) is 24.8 Å². The summed E-state index contributed by atoms with van der Waals surface area (Å²) >= 11 is 0. The average molecular weight is 278 g/mol. The number of halogens is 3. The molecule has 1 heterocycles. The summed E-state index contributed by atoms with van der Waals surface area (Å²) in [4.78, 5) is 6.53. The minimum Gasteiger partial charge on any atom is -0.396 e. The van der Waals surface area contributed by atoms with Crippen LogP contribution in [0.5, 0.6) is 0 Å². The van der Waals surface area contributed by atoms with Crippen molar-refractivity contribution in [1.82, 2.24) is 9.97 Å². The molecule has 0 spiro atoms. The molecule has 0 aliphatic heterocycles. The summed E-state index contributed by atoms with van der Waals surface area (Å²) in [6.45, 7) is 2.40. The first-order valence-corrected chi connectivity index (χ1v) is 5.93. The Hall–Kier alpha value is -1.57. The lowest BCUT2D eigenvalue weighted by atomic mass is 10.0. The average Bonchev–Trinajstić information content (AvgIpc) is 2.32. The van der Waals surface area contributed by atoms with E-state index in [1.165, 1.54) is 6.07 Å². The van der Waals surface area contributed by atoms with Crippen molar-refractivity contribution in [2.24, 2.45) is 5.92 Å². The summed E-state index contributed by atoms with van der Waals surface area (Å²) in [5, 5.41) is 11.6. The Balaban J connectivity index is 2.76. The van der Waals surface area contributed by atoms with Gasteiger partial charge < -0.3 is 16.2 Å². The number of rotatable bonds is 6. The third kappa shape index (κ3) is 4.90. The number of alkyl halides is 3. The number of nitrogen functional groups attached to an aromatic ring is 1. The summed E-state index contributed by atoms with van der Waals surface area (Å²) in [6, 6.07) is 1.25. The molecular weight excluding hydrogens is 261 g/mol. The first-order valence-electron chi connectivity index (χ1n) is 5.93. The fourth-order valence-electron chi connectivity index (χ4n) is 1.57. The van der Waals surface area contributed by atoms with Crippen LogP contribution in [0.3, 0.4) is 0 Å². The van der Waals surface area contributed by atoms with Gasteiger partial charge in [-0.05, 0) is 12.3 Å². The highest BCUT2D eigenvalue weighted by Crippen LogP contribution is 2.27.